The summed E-state index contributed by atoms with van der Waals surface area (Å²) >= 11 is 3.29. The molecule has 2 atom stereocenters. The summed E-state index contributed by atoms with van der Waals surface area (Å²) in [6.07, 6.45) is 2.14. The molecule has 2 unspecified atom stereocenters. The Hall–Kier alpha value is -0.320. The lowest BCUT2D eigenvalue weighted by molar-refractivity contribution is -0.0424. The molecular formula is C10H14BrNO2. The summed E-state index contributed by atoms with van der Waals surface area (Å²) < 4.78 is 12.1. The van der Waals surface area contributed by atoms with Crippen LogP contribution in [-0.2, 0) is 10.3 Å². The first kappa shape index (κ1) is 10.2. The normalized spacial score (nSPS) is 32.4. The van der Waals surface area contributed by atoms with Crippen molar-refractivity contribution in [2.24, 2.45) is 5.73 Å². The lowest BCUT2D eigenvalue weighted by Gasteiger charge is -2.21. The zero-order valence-corrected chi connectivity index (χ0v) is 9.71. The number of ether oxygens (including phenoxy) is 1. The first-order valence-electron chi connectivity index (χ1n) is 4.78. The second kappa shape index (κ2) is 3.68. The highest BCUT2D eigenvalue weighted by Crippen LogP contribution is 2.39. The van der Waals surface area contributed by atoms with Crippen LogP contribution in [0.5, 0.6) is 0 Å². The summed E-state index contributed by atoms with van der Waals surface area (Å²) in [5.74, 6) is 0.875. The molecular weight excluding hydrogens is 246 g/mol. The Balaban J connectivity index is 2.18. The largest absolute Gasteiger partial charge is 0.451 e. The SMILES string of the molecule is CC1(c2ccc(Br)o2)CCC(CN)O1. The van der Waals surface area contributed by atoms with Crippen LogP contribution in [-0.4, -0.2) is 12.6 Å². The van der Waals surface area contributed by atoms with Crippen LogP contribution in [0.3, 0.4) is 0 Å². The number of rotatable bonds is 2. The monoisotopic (exact) mass is 259 g/mol. The van der Waals surface area contributed by atoms with Crippen LogP contribution in [0.1, 0.15) is 25.5 Å². The molecule has 0 bridgehead atoms. The Bertz CT molecular complexity index is 326. The molecule has 1 aromatic rings. The molecule has 1 saturated heterocycles. The fourth-order valence-electron chi connectivity index (χ4n) is 1.87. The van der Waals surface area contributed by atoms with Gasteiger partial charge in [-0.15, -0.1) is 0 Å². The number of hydrogen-bond acceptors (Lipinski definition) is 3. The molecule has 1 aliphatic heterocycles. The topological polar surface area (TPSA) is 48.4 Å². The van der Waals surface area contributed by atoms with Gasteiger partial charge in [-0.3, -0.25) is 0 Å². The van der Waals surface area contributed by atoms with Gasteiger partial charge in [0, 0.05) is 6.54 Å². The van der Waals surface area contributed by atoms with E-state index >= 15 is 0 Å². The Morgan fingerprint density at radius 3 is 2.93 bits per heavy atom. The molecule has 0 radical (unpaired) electrons. The predicted octanol–water partition coefficient (Wildman–Crippen LogP) is 2.40. The molecule has 0 aromatic carbocycles. The van der Waals surface area contributed by atoms with Crippen molar-refractivity contribution in [3.8, 4) is 0 Å². The second-order valence-electron chi connectivity index (χ2n) is 3.85. The maximum absolute atomic E-state index is 5.86. The molecule has 0 saturated carbocycles. The van der Waals surface area contributed by atoms with Gasteiger partial charge in [-0.1, -0.05) is 0 Å². The summed E-state index contributed by atoms with van der Waals surface area (Å²) in [6, 6.07) is 3.84. The number of nitrogens with two attached hydrogens (primary N) is 1. The number of halogens is 1. The van der Waals surface area contributed by atoms with Crippen molar-refractivity contribution >= 4 is 15.9 Å². The van der Waals surface area contributed by atoms with Gasteiger partial charge in [-0.05, 0) is 47.8 Å². The molecule has 14 heavy (non-hydrogen) atoms. The Kier molecular flexibility index (Phi) is 2.68. The quantitative estimate of drug-likeness (QED) is 0.888. The van der Waals surface area contributed by atoms with E-state index in [2.05, 4.69) is 15.9 Å². The Morgan fingerprint density at radius 1 is 1.64 bits per heavy atom. The second-order valence-corrected chi connectivity index (χ2v) is 4.63. The maximum atomic E-state index is 5.86. The van der Waals surface area contributed by atoms with Crippen molar-refractivity contribution in [1.29, 1.82) is 0 Å². The minimum Gasteiger partial charge on any atom is -0.451 e. The average Bonchev–Trinajstić information content (AvgIpc) is 2.73. The van der Waals surface area contributed by atoms with Crippen LogP contribution in [0, 0.1) is 0 Å². The van der Waals surface area contributed by atoms with Gasteiger partial charge < -0.3 is 14.9 Å². The first-order valence-corrected chi connectivity index (χ1v) is 5.57. The van der Waals surface area contributed by atoms with Gasteiger partial charge in [0.25, 0.3) is 0 Å². The number of furan rings is 1. The molecule has 2 heterocycles. The Labute approximate surface area is 91.7 Å². The fraction of sp³-hybridized carbons (Fsp3) is 0.600. The van der Waals surface area contributed by atoms with Gasteiger partial charge in [0.15, 0.2) is 4.67 Å². The van der Waals surface area contributed by atoms with Crippen molar-refractivity contribution < 1.29 is 9.15 Å². The molecule has 4 heteroatoms. The molecule has 1 aliphatic rings. The van der Waals surface area contributed by atoms with E-state index in [1.807, 2.05) is 19.1 Å². The summed E-state index contributed by atoms with van der Waals surface area (Å²) in [6.45, 7) is 2.63. The molecule has 2 N–H and O–H groups in total. The van der Waals surface area contributed by atoms with Crippen LogP contribution in [0.2, 0.25) is 0 Å². The lowest BCUT2D eigenvalue weighted by Crippen LogP contribution is -2.25. The summed E-state index contributed by atoms with van der Waals surface area (Å²) in [5.41, 5.74) is 5.28. The van der Waals surface area contributed by atoms with E-state index in [1.54, 1.807) is 0 Å². The van der Waals surface area contributed by atoms with Crippen LogP contribution in [0.25, 0.3) is 0 Å². The third-order valence-corrected chi connectivity index (χ3v) is 3.15. The maximum Gasteiger partial charge on any atom is 0.169 e. The number of hydrogen-bond donors (Lipinski definition) is 1. The highest BCUT2D eigenvalue weighted by molar-refractivity contribution is 9.10. The van der Waals surface area contributed by atoms with Crippen molar-refractivity contribution in [2.45, 2.75) is 31.5 Å². The van der Waals surface area contributed by atoms with Gasteiger partial charge >= 0.3 is 0 Å². The molecule has 2 rings (SSSR count). The van der Waals surface area contributed by atoms with Crippen LogP contribution >= 0.6 is 15.9 Å². The first-order chi connectivity index (χ1) is 6.64. The lowest BCUT2D eigenvalue weighted by atomic mass is 9.99. The zero-order chi connectivity index (χ0) is 10.2. The summed E-state index contributed by atoms with van der Waals surface area (Å²) in [5, 5.41) is 0. The van der Waals surface area contributed by atoms with Gasteiger partial charge in [0.05, 0.1) is 6.10 Å². The van der Waals surface area contributed by atoms with Crippen molar-refractivity contribution in [1.82, 2.24) is 0 Å². The van der Waals surface area contributed by atoms with Gasteiger partial charge in [0.2, 0.25) is 0 Å². The van der Waals surface area contributed by atoms with E-state index in [0.717, 1.165) is 23.3 Å². The van der Waals surface area contributed by atoms with E-state index < -0.39 is 0 Å². The average molecular weight is 260 g/mol. The highest BCUT2D eigenvalue weighted by atomic mass is 79.9. The van der Waals surface area contributed by atoms with Crippen LogP contribution < -0.4 is 5.73 Å². The van der Waals surface area contributed by atoms with Crippen LogP contribution in [0.15, 0.2) is 21.2 Å². The van der Waals surface area contributed by atoms with Crippen molar-refractivity contribution in [3.63, 3.8) is 0 Å². The third kappa shape index (κ3) is 1.74. The fourth-order valence-corrected chi connectivity index (χ4v) is 2.17. The molecule has 1 aromatic heterocycles. The molecule has 3 nitrogen and oxygen atoms in total. The molecule has 0 spiro atoms. The Morgan fingerprint density at radius 2 is 2.43 bits per heavy atom. The smallest absolute Gasteiger partial charge is 0.169 e. The van der Waals surface area contributed by atoms with E-state index in [1.165, 1.54) is 0 Å². The molecule has 0 amide bonds. The molecule has 0 aliphatic carbocycles. The van der Waals surface area contributed by atoms with E-state index in [0.29, 0.717) is 6.54 Å². The van der Waals surface area contributed by atoms with Crippen molar-refractivity contribution in [2.75, 3.05) is 6.54 Å². The zero-order valence-electron chi connectivity index (χ0n) is 8.13. The predicted molar refractivity (Wildman–Crippen MR) is 56.9 cm³/mol. The van der Waals surface area contributed by atoms with E-state index in [9.17, 15) is 0 Å². The van der Waals surface area contributed by atoms with E-state index in [4.69, 9.17) is 14.9 Å². The van der Waals surface area contributed by atoms with Gasteiger partial charge in [-0.25, -0.2) is 0 Å². The highest BCUT2D eigenvalue weighted by Gasteiger charge is 2.39. The van der Waals surface area contributed by atoms with Crippen LogP contribution in [0.4, 0.5) is 0 Å². The van der Waals surface area contributed by atoms with Gasteiger partial charge in [-0.2, -0.15) is 0 Å². The summed E-state index contributed by atoms with van der Waals surface area (Å²) in [7, 11) is 0. The minimum atomic E-state index is -0.296. The molecule has 78 valence electrons. The third-order valence-electron chi connectivity index (χ3n) is 2.73. The minimum absolute atomic E-state index is 0.170. The molecule has 1 fully saturated rings. The van der Waals surface area contributed by atoms with Crippen molar-refractivity contribution in [3.05, 3.63) is 22.6 Å². The standard InChI is InChI=1S/C10H14BrNO2/c1-10(5-4-7(6-12)14-10)8-2-3-9(11)13-8/h2-3,7H,4-6,12H2,1H3. The van der Waals surface area contributed by atoms with E-state index in [-0.39, 0.29) is 11.7 Å². The summed E-state index contributed by atoms with van der Waals surface area (Å²) in [4.78, 5) is 0. The van der Waals surface area contributed by atoms with Gasteiger partial charge in [0.1, 0.15) is 11.4 Å².